The number of nitrogens with zero attached hydrogens (tertiary/aromatic N) is 2. The molecule has 92 valence electrons. The Morgan fingerprint density at radius 2 is 1.94 bits per heavy atom. The first-order valence-electron chi connectivity index (χ1n) is 5.26. The number of hydrogen-bond acceptors (Lipinski definition) is 4. The molecule has 2 N–H and O–H groups in total. The lowest BCUT2D eigenvalue weighted by molar-refractivity contribution is -0.109. The molecule has 0 saturated heterocycles. The van der Waals surface area contributed by atoms with Crippen LogP contribution in [-0.2, 0) is 4.79 Å². The molecular formula is C12H11ClN4O. The molecule has 2 aromatic rings. The van der Waals surface area contributed by atoms with Gasteiger partial charge in [-0.1, -0.05) is 23.7 Å². The van der Waals surface area contributed by atoms with Gasteiger partial charge in [-0.15, -0.1) is 5.10 Å². The molecule has 0 saturated carbocycles. The van der Waals surface area contributed by atoms with Crippen LogP contribution in [0.1, 0.15) is 5.69 Å². The normalized spacial score (nSPS) is 9.89. The number of nitrogens with one attached hydrogen (secondary N) is 2. The van der Waals surface area contributed by atoms with E-state index in [1.807, 2.05) is 37.3 Å². The number of benzene rings is 1. The average Bonchev–Trinajstić information content (AvgIpc) is 2.39. The number of carbonyl (C=O) groups excluding carboxylic acids is 1. The SMILES string of the molecule is Cc1nnc(NNC=O)cc1-c1ccc(Cl)cc1. The number of anilines is 1. The van der Waals surface area contributed by atoms with Gasteiger partial charge >= 0.3 is 0 Å². The standard InChI is InChI=1S/C12H11ClN4O/c1-8-11(9-2-4-10(13)5-3-9)6-12(17-15-8)16-14-7-18/h2-7H,1H3,(H,14,18)(H,16,17). The molecule has 0 atom stereocenters. The molecule has 18 heavy (non-hydrogen) atoms. The molecule has 1 aromatic heterocycles. The molecular weight excluding hydrogens is 252 g/mol. The van der Waals surface area contributed by atoms with Crippen LogP contribution in [0.4, 0.5) is 5.82 Å². The van der Waals surface area contributed by atoms with Gasteiger partial charge in [0.1, 0.15) is 0 Å². The van der Waals surface area contributed by atoms with E-state index in [4.69, 9.17) is 11.6 Å². The molecule has 6 heteroatoms. The van der Waals surface area contributed by atoms with E-state index < -0.39 is 0 Å². The minimum atomic E-state index is 0.470. The van der Waals surface area contributed by atoms with Crippen LogP contribution in [0.2, 0.25) is 5.02 Å². The van der Waals surface area contributed by atoms with E-state index >= 15 is 0 Å². The fourth-order valence-corrected chi connectivity index (χ4v) is 1.66. The second-order valence-electron chi connectivity index (χ2n) is 3.62. The van der Waals surface area contributed by atoms with Crippen LogP contribution >= 0.6 is 11.6 Å². The molecule has 0 unspecified atom stereocenters. The highest BCUT2D eigenvalue weighted by atomic mass is 35.5. The van der Waals surface area contributed by atoms with Gasteiger partial charge in [0.05, 0.1) is 5.69 Å². The molecule has 0 fully saturated rings. The van der Waals surface area contributed by atoms with Gasteiger partial charge in [-0.3, -0.25) is 15.6 Å². The predicted octanol–water partition coefficient (Wildman–Crippen LogP) is 2.18. The summed E-state index contributed by atoms with van der Waals surface area (Å²) in [5.74, 6) is 0.470. The molecule has 0 aliphatic rings. The summed E-state index contributed by atoms with van der Waals surface area (Å²) >= 11 is 5.85. The van der Waals surface area contributed by atoms with Gasteiger partial charge < -0.3 is 0 Å². The second-order valence-corrected chi connectivity index (χ2v) is 4.06. The van der Waals surface area contributed by atoms with Crippen molar-refractivity contribution in [2.45, 2.75) is 6.92 Å². The number of amides is 1. The number of carbonyl (C=O) groups is 1. The minimum Gasteiger partial charge on any atom is -0.281 e. The average molecular weight is 263 g/mol. The van der Waals surface area contributed by atoms with Gasteiger partial charge in [0, 0.05) is 10.6 Å². The summed E-state index contributed by atoms with van der Waals surface area (Å²) in [6.07, 6.45) is 0.531. The topological polar surface area (TPSA) is 66.9 Å². The van der Waals surface area contributed by atoms with E-state index in [0.717, 1.165) is 16.8 Å². The maximum absolute atomic E-state index is 10.2. The Hall–Kier alpha value is -2.14. The van der Waals surface area contributed by atoms with Gasteiger partial charge in [-0.2, -0.15) is 5.10 Å². The predicted molar refractivity (Wildman–Crippen MR) is 70.0 cm³/mol. The molecule has 1 amide bonds. The number of halogens is 1. The second kappa shape index (κ2) is 5.46. The van der Waals surface area contributed by atoms with Crippen LogP contribution in [0.15, 0.2) is 30.3 Å². The van der Waals surface area contributed by atoms with Crippen molar-refractivity contribution in [2.75, 3.05) is 5.43 Å². The Morgan fingerprint density at radius 3 is 2.61 bits per heavy atom. The van der Waals surface area contributed by atoms with Crippen molar-refractivity contribution in [1.82, 2.24) is 15.6 Å². The van der Waals surface area contributed by atoms with Crippen LogP contribution in [0.3, 0.4) is 0 Å². The van der Waals surface area contributed by atoms with Crippen molar-refractivity contribution < 1.29 is 4.79 Å². The van der Waals surface area contributed by atoms with Gasteiger partial charge in [0.15, 0.2) is 5.82 Å². The summed E-state index contributed by atoms with van der Waals surface area (Å²) in [7, 11) is 0. The van der Waals surface area contributed by atoms with Crippen molar-refractivity contribution in [3.63, 3.8) is 0 Å². The van der Waals surface area contributed by atoms with Crippen molar-refractivity contribution in [2.24, 2.45) is 0 Å². The van der Waals surface area contributed by atoms with Crippen LogP contribution < -0.4 is 10.9 Å². The fourth-order valence-electron chi connectivity index (χ4n) is 1.54. The summed E-state index contributed by atoms with van der Waals surface area (Å²) in [6, 6.07) is 9.25. The maximum Gasteiger partial charge on any atom is 0.225 e. The van der Waals surface area contributed by atoms with E-state index in [-0.39, 0.29) is 0 Å². The zero-order valence-corrected chi connectivity index (χ0v) is 10.4. The van der Waals surface area contributed by atoms with Crippen molar-refractivity contribution in [3.8, 4) is 11.1 Å². The first-order valence-corrected chi connectivity index (χ1v) is 5.64. The zero-order valence-electron chi connectivity index (χ0n) is 9.64. The molecule has 0 aliphatic heterocycles. The van der Waals surface area contributed by atoms with Crippen molar-refractivity contribution in [3.05, 3.63) is 41.0 Å². The Labute approximate surface area is 109 Å². The number of hydrazine groups is 1. The molecule has 5 nitrogen and oxygen atoms in total. The van der Waals surface area contributed by atoms with Gasteiger partial charge in [0.2, 0.25) is 6.41 Å². The van der Waals surface area contributed by atoms with Crippen LogP contribution in [-0.4, -0.2) is 16.6 Å². The van der Waals surface area contributed by atoms with E-state index in [0.29, 0.717) is 17.3 Å². The largest absolute Gasteiger partial charge is 0.281 e. The van der Waals surface area contributed by atoms with E-state index in [1.165, 1.54) is 0 Å². The quantitative estimate of drug-likeness (QED) is 0.655. The molecule has 0 bridgehead atoms. The van der Waals surface area contributed by atoms with Gasteiger partial charge in [0.25, 0.3) is 0 Å². The number of rotatable bonds is 4. The molecule has 2 rings (SSSR count). The molecule has 0 radical (unpaired) electrons. The Bertz CT molecular complexity index is 557. The summed E-state index contributed by atoms with van der Waals surface area (Å²) in [4.78, 5) is 10.2. The van der Waals surface area contributed by atoms with E-state index in [9.17, 15) is 4.79 Å². The number of hydrogen-bond donors (Lipinski definition) is 2. The summed E-state index contributed by atoms with van der Waals surface area (Å²) in [6.45, 7) is 1.87. The summed E-state index contributed by atoms with van der Waals surface area (Å²) in [5.41, 5.74) is 7.66. The zero-order chi connectivity index (χ0) is 13.0. The Kier molecular flexibility index (Phi) is 3.74. The molecule has 0 aliphatic carbocycles. The lowest BCUT2D eigenvalue weighted by atomic mass is 10.1. The number of aryl methyl sites for hydroxylation is 1. The first kappa shape index (κ1) is 12.3. The van der Waals surface area contributed by atoms with Crippen LogP contribution in [0.25, 0.3) is 11.1 Å². The van der Waals surface area contributed by atoms with Gasteiger partial charge in [-0.05, 0) is 30.7 Å². The molecule has 1 aromatic carbocycles. The molecule has 1 heterocycles. The van der Waals surface area contributed by atoms with Gasteiger partial charge in [-0.25, -0.2) is 0 Å². The van der Waals surface area contributed by atoms with E-state index in [2.05, 4.69) is 21.0 Å². The monoisotopic (exact) mass is 262 g/mol. The Balaban J connectivity index is 2.36. The lowest BCUT2D eigenvalue weighted by Crippen LogP contribution is -2.20. The Morgan fingerprint density at radius 1 is 1.22 bits per heavy atom. The maximum atomic E-state index is 10.2. The lowest BCUT2D eigenvalue weighted by Gasteiger charge is -2.08. The minimum absolute atomic E-state index is 0.470. The highest BCUT2D eigenvalue weighted by Crippen LogP contribution is 2.24. The van der Waals surface area contributed by atoms with Crippen LogP contribution in [0, 0.1) is 6.92 Å². The van der Waals surface area contributed by atoms with Crippen molar-refractivity contribution >= 4 is 23.8 Å². The third-order valence-electron chi connectivity index (χ3n) is 2.39. The first-order chi connectivity index (χ1) is 8.70. The third kappa shape index (κ3) is 2.75. The summed E-state index contributed by atoms with van der Waals surface area (Å²) in [5, 5.41) is 8.62. The molecule has 0 spiro atoms. The van der Waals surface area contributed by atoms with Crippen molar-refractivity contribution in [1.29, 1.82) is 0 Å². The van der Waals surface area contributed by atoms with E-state index in [1.54, 1.807) is 0 Å². The summed E-state index contributed by atoms with van der Waals surface area (Å²) < 4.78 is 0. The smallest absolute Gasteiger partial charge is 0.225 e. The highest BCUT2D eigenvalue weighted by Gasteiger charge is 2.05. The third-order valence-corrected chi connectivity index (χ3v) is 2.64. The highest BCUT2D eigenvalue weighted by molar-refractivity contribution is 6.30. The number of aromatic nitrogens is 2. The fraction of sp³-hybridized carbons (Fsp3) is 0.0833. The van der Waals surface area contributed by atoms with Crippen LogP contribution in [0.5, 0.6) is 0 Å².